The van der Waals surface area contributed by atoms with Gasteiger partial charge in [-0.15, -0.1) is 0 Å². The number of ether oxygens (including phenoxy) is 1. The summed E-state index contributed by atoms with van der Waals surface area (Å²) in [5.41, 5.74) is 4.26. The normalized spacial score (nSPS) is 11.1. The fraction of sp³-hybridized carbons (Fsp3) is 0.481. The number of fused-ring (bicyclic) bond motifs is 1. The number of nitrogens with zero attached hydrogens (tertiary/aromatic N) is 2. The molecule has 3 rings (SSSR count). The van der Waals surface area contributed by atoms with E-state index in [0.29, 0.717) is 6.54 Å². The first-order valence-electron chi connectivity index (χ1n) is 12.0. The van der Waals surface area contributed by atoms with E-state index in [0.717, 1.165) is 46.7 Å². The van der Waals surface area contributed by atoms with Gasteiger partial charge in [-0.2, -0.15) is 0 Å². The molecule has 5 heteroatoms. The van der Waals surface area contributed by atoms with Gasteiger partial charge in [0.05, 0.1) is 17.6 Å². The fourth-order valence-electron chi connectivity index (χ4n) is 3.97. The number of aromatic nitrogens is 2. The van der Waals surface area contributed by atoms with Crippen molar-refractivity contribution >= 4 is 16.9 Å². The van der Waals surface area contributed by atoms with E-state index in [4.69, 9.17) is 9.72 Å². The molecule has 3 aromatic rings. The second kappa shape index (κ2) is 12.3. The highest BCUT2D eigenvalue weighted by Crippen LogP contribution is 2.20. The zero-order valence-electron chi connectivity index (χ0n) is 19.8. The van der Waals surface area contributed by atoms with Gasteiger partial charge in [-0.3, -0.25) is 4.79 Å². The second-order valence-electron chi connectivity index (χ2n) is 8.62. The van der Waals surface area contributed by atoms with Crippen LogP contribution in [0, 0.1) is 13.8 Å². The third-order valence-electron chi connectivity index (χ3n) is 5.86. The Morgan fingerprint density at radius 2 is 1.75 bits per heavy atom. The molecule has 0 saturated heterocycles. The van der Waals surface area contributed by atoms with Crippen LogP contribution in [0.25, 0.3) is 11.0 Å². The number of imidazole rings is 1. The van der Waals surface area contributed by atoms with Gasteiger partial charge in [0.2, 0.25) is 0 Å². The molecule has 0 bridgehead atoms. The van der Waals surface area contributed by atoms with Gasteiger partial charge in [-0.1, -0.05) is 69.7 Å². The standard InChI is InChI=1S/C27H37N3O2/c1-4-5-6-7-8-9-12-17-30-24-14-11-10-13-23(24)29-26(30)19-28-27(31)20-32-25-18-21(2)15-16-22(25)3/h10-11,13-16,18H,4-9,12,17,19-20H2,1-3H3,(H,28,31). The summed E-state index contributed by atoms with van der Waals surface area (Å²) in [6.45, 7) is 7.59. The first-order valence-corrected chi connectivity index (χ1v) is 12.0. The molecule has 1 aromatic heterocycles. The Kier molecular flexibility index (Phi) is 9.14. The molecule has 0 aliphatic rings. The summed E-state index contributed by atoms with van der Waals surface area (Å²) >= 11 is 0. The van der Waals surface area contributed by atoms with E-state index in [1.165, 1.54) is 38.5 Å². The maximum atomic E-state index is 12.4. The van der Waals surface area contributed by atoms with Crippen LogP contribution in [0.15, 0.2) is 42.5 Å². The predicted octanol–water partition coefficient (Wildman–Crippen LogP) is 6.10. The Balaban J connectivity index is 1.54. The monoisotopic (exact) mass is 435 g/mol. The van der Waals surface area contributed by atoms with Crippen LogP contribution in [-0.2, 0) is 17.9 Å². The van der Waals surface area contributed by atoms with Crippen molar-refractivity contribution in [3.05, 3.63) is 59.4 Å². The van der Waals surface area contributed by atoms with Crippen LogP contribution in [0.5, 0.6) is 5.75 Å². The molecule has 0 aliphatic heterocycles. The molecule has 5 nitrogen and oxygen atoms in total. The Hall–Kier alpha value is -2.82. The van der Waals surface area contributed by atoms with E-state index in [-0.39, 0.29) is 12.5 Å². The first-order chi connectivity index (χ1) is 15.6. The van der Waals surface area contributed by atoms with Crippen molar-refractivity contribution in [2.45, 2.75) is 78.8 Å². The molecule has 0 atom stereocenters. The van der Waals surface area contributed by atoms with Crippen LogP contribution in [0.1, 0.15) is 68.8 Å². The third kappa shape index (κ3) is 6.84. The van der Waals surface area contributed by atoms with Crippen molar-refractivity contribution in [3.8, 4) is 5.75 Å². The molecule has 0 fully saturated rings. The topological polar surface area (TPSA) is 56.2 Å². The number of carbonyl (C=O) groups excluding carboxylic acids is 1. The number of unbranched alkanes of at least 4 members (excludes halogenated alkanes) is 6. The van der Waals surface area contributed by atoms with E-state index in [1.54, 1.807) is 0 Å². The summed E-state index contributed by atoms with van der Waals surface area (Å²) in [7, 11) is 0. The number of carbonyl (C=O) groups is 1. The van der Waals surface area contributed by atoms with Crippen molar-refractivity contribution in [1.82, 2.24) is 14.9 Å². The van der Waals surface area contributed by atoms with Crippen LogP contribution in [0.4, 0.5) is 0 Å². The number of benzene rings is 2. The number of amides is 1. The number of rotatable bonds is 13. The predicted molar refractivity (Wildman–Crippen MR) is 131 cm³/mol. The minimum atomic E-state index is -0.138. The van der Waals surface area contributed by atoms with Crippen LogP contribution < -0.4 is 10.1 Å². The van der Waals surface area contributed by atoms with E-state index in [9.17, 15) is 4.79 Å². The highest BCUT2D eigenvalue weighted by molar-refractivity contribution is 5.78. The third-order valence-corrected chi connectivity index (χ3v) is 5.86. The van der Waals surface area contributed by atoms with Crippen molar-refractivity contribution in [2.75, 3.05) is 6.61 Å². The molecule has 1 heterocycles. The molecule has 0 saturated carbocycles. The van der Waals surface area contributed by atoms with Crippen LogP contribution in [0.3, 0.4) is 0 Å². The lowest BCUT2D eigenvalue weighted by atomic mass is 10.1. The minimum absolute atomic E-state index is 0.00226. The molecule has 1 amide bonds. The lowest BCUT2D eigenvalue weighted by Crippen LogP contribution is -2.29. The summed E-state index contributed by atoms with van der Waals surface area (Å²) in [5.74, 6) is 1.52. The van der Waals surface area contributed by atoms with E-state index >= 15 is 0 Å². The van der Waals surface area contributed by atoms with Crippen molar-refractivity contribution in [1.29, 1.82) is 0 Å². The molecular formula is C27H37N3O2. The molecular weight excluding hydrogens is 398 g/mol. The largest absolute Gasteiger partial charge is 0.483 e. The van der Waals surface area contributed by atoms with Crippen LogP contribution >= 0.6 is 0 Å². The van der Waals surface area contributed by atoms with E-state index < -0.39 is 0 Å². The number of para-hydroxylation sites is 2. The van der Waals surface area contributed by atoms with Gasteiger partial charge in [0, 0.05) is 6.54 Å². The highest BCUT2D eigenvalue weighted by atomic mass is 16.5. The molecule has 0 unspecified atom stereocenters. The first kappa shape index (κ1) is 23.8. The van der Waals surface area contributed by atoms with Gasteiger partial charge in [0.25, 0.3) is 5.91 Å². The Labute approximate surface area is 192 Å². The lowest BCUT2D eigenvalue weighted by molar-refractivity contribution is -0.123. The summed E-state index contributed by atoms with van der Waals surface area (Å²) in [4.78, 5) is 17.2. The van der Waals surface area contributed by atoms with Gasteiger partial charge in [0.15, 0.2) is 6.61 Å². The maximum absolute atomic E-state index is 12.4. The lowest BCUT2D eigenvalue weighted by Gasteiger charge is -2.12. The fourth-order valence-corrected chi connectivity index (χ4v) is 3.97. The highest BCUT2D eigenvalue weighted by Gasteiger charge is 2.12. The summed E-state index contributed by atoms with van der Waals surface area (Å²) in [6.07, 6.45) is 8.92. The zero-order chi connectivity index (χ0) is 22.8. The molecule has 0 aliphatic carbocycles. The summed E-state index contributed by atoms with van der Waals surface area (Å²) in [6, 6.07) is 14.2. The molecule has 172 valence electrons. The average molecular weight is 436 g/mol. The van der Waals surface area contributed by atoms with E-state index in [1.807, 2.05) is 50.2 Å². The SMILES string of the molecule is CCCCCCCCCn1c(CNC(=O)COc2cc(C)ccc2C)nc2ccccc21. The summed E-state index contributed by atoms with van der Waals surface area (Å²) < 4.78 is 7.99. The Bertz CT molecular complexity index is 1010. The van der Waals surface area contributed by atoms with E-state index in [2.05, 4.69) is 22.9 Å². The molecule has 0 spiro atoms. The number of aryl methyl sites for hydroxylation is 3. The maximum Gasteiger partial charge on any atom is 0.258 e. The van der Waals surface area contributed by atoms with Gasteiger partial charge in [-0.25, -0.2) is 4.98 Å². The van der Waals surface area contributed by atoms with Gasteiger partial charge < -0.3 is 14.6 Å². The van der Waals surface area contributed by atoms with Crippen LogP contribution in [0.2, 0.25) is 0 Å². The minimum Gasteiger partial charge on any atom is -0.483 e. The van der Waals surface area contributed by atoms with Gasteiger partial charge in [0.1, 0.15) is 11.6 Å². The molecule has 2 aromatic carbocycles. The second-order valence-corrected chi connectivity index (χ2v) is 8.62. The number of hydrogen-bond acceptors (Lipinski definition) is 3. The summed E-state index contributed by atoms with van der Waals surface area (Å²) in [5, 5.41) is 2.98. The van der Waals surface area contributed by atoms with Crippen LogP contribution in [-0.4, -0.2) is 22.1 Å². The van der Waals surface area contributed by atoms with Crippen molar-refractivity contribution in [3.63, 3.8) is 0 Å². The number of hydrogen-bond donors (Lipinski definition) is 1. The van der Waals surface area contributed by atoms with Gasteiger partial charge in [-0.05, 0) is 49.6 Å². The average Bonchev–Trinajstić information content (AvgIpc) is 3.15. The van der Waals surface area contributed by atoms with Crippen molar-refractivity contribution < 1.29 is 9.53 Å². The smallest absolute Gasteiger partial charge is 0.258 e. The number of nitrogens with one attached hydrogen (secondary N) is 1. The van der Waals surface area contributed by atoms with Gasteiger partial charge >= 0.3 is 0 Å². The zero-order valence-corrected chi connectivity index (χ0v) is 19.8. The van der Waals surface area contributed by atoms with Crippen molar-refractivity contribution in [2.24, 2.45) is 0 Å². The molecule has 0 radical (unpaired) electrons. The Morgan fingerprint density at radius 3 is 2.56 bits per heavy atom. The molecule has 32 heavy (non-hydrogen) atoms. The quantitative estimate of drug-likeness (QED) is 0.330. The molecule has 1 N–H and O–H groups in total. The Morgan fingerprint density at radius 1 is 1.00 bits per heavy atom.